The summed E-state index contributed by atoms with van der Waals surface area (Å²) in [5.74, 6) is 0.00933. The highest BCUT2D eigenvalue weighted by molar-refractivity contribution is 5.94. The van der Waals surface area contributed by atoms with Crippen LogP contribution in [0.3, 0.4) is 0 Å². The molecule has 2 N–H and O–H groups in total. The number of hydrogen-bond acceptors (Lipinski definition) is 5. The number of hydrogen-bond donors (Lipinski definition) is 1. The number of amides is 1. The van der Waals surface area contributed by atoms with Crippen molar-refractivity contribution in [1.82, 2.24) is 25.1 Å². The summed E-state index contributed by atoms with van der Waals surface area (Å²) in [6.45, 7) is 1.38. The standard InChI is InChI=1S/C13H16N6O/c14-11-4-2-6-18(8-11)13(20)10-3-1-5-12(7-10)19-9-15-16-17-19/h1,3,5,7,9,11H,2,4,6,8,14H2. The lowest BCUT2D eigenvalue weighted by atomic mass is 10.1. The molecule has 2 aromatic rings. The van der Waals surface area contributed by atoms with Crippen LogP contribution in [-0.4, -0.2) is 50.1 Å². The maximum atomic E-state index is 12.5. The third kappa shape index (κ3) is 2.53. The average Bonchev–Trinajstić information content (AvgIpc) is 3.01. The predicted molar refractivity (Wildman–Crippen MR) is 72.3 cm³/mol. The maximum absolute atomic E-state index is 12.5. The first-order valence-electron chi connectivity index (χ1n) is 6.62. The molecule has 1 aromatic carbocycles. The molecule has 1 fully saturated rings. The van der Waals surface area contributed by atoms with Gasteiger partial charge >= 0.3 is 0 Å². The molecule has 1 unspecified atom stereocenters. The first-order chi connectivity index (χ1) is 9.74. The molecule has 3 rings (SSSR count). The summed E-state index contributed by atoms with van der Waals surface area (Å²) in [5, 5.41) is 11.0. The topological polar surface area (TPSA) is 89.9 Å². The van der Waals surface area contributed by atoms with Crippen molar-refractivity contribution in [3.05, 3.63) is 36.2 Å². The van der Waals surface area contributed by atoms with E-state index in [0.29, 0.717) is 12.1 Å². The van der Waals surface area contributed by atoms with E-state index in [9.17, 15) is 4.79 Å². The Morgan fingerprint density at radius 1 is 1.40 bits per heavy atom. The van der Waals surface area contributed by atoms with Gasteiger partial charge in [0.15, 0.2) is 0 Å². The zero-order chi connectivity index (χ0) is 13.9. The highest BCUT2D eigenvalue weighted by Crippen LogP contribution is 2.15. The highest BCUT2D eigenvalue weighted by atomic mass is 16.2. The quantitative estimate of drug-likeness (QED) is 0.845. The number of aromatic nitrogens is 4. The first-order valence-corrected chi connectivity index (χ1v) is 6.62. The van der Waals surface area contributed by atoms with Gasteiger partial charge in [-0.1, -0.05) is 6.07 Å². The number of rotatable bonds is 2. The van der Waals surface area contributed by atoms with Crippen LogP contribution in [0.5, 0.6) is 0 Å². The zero-order valence-corrected chi connectivity index (χ0v) is 11.0. The average molecular weight is 272 g/mol. The smallest absolute Gasteiger partial charge is 0.253 e. The summed E-state index contributed by atoms with van der Waals surface area (Å²) in [6, 6.07) is 7.36. The minimum Gasteiger partial charge on any atom is -0.337 e. The number of carbonyl (C=O) groups is 1. The molecule has 7 nitrogen and oxygen atoms in total. The van der Waals surface area contributed by atoms with E-state index in [2.05, 4.69) is 15.5 Å². The molecule has 104 valence electrons. The number of carbonyl (C=O) groups excluding carboxylic acids is 1. The molecule has 0 bridgehead atoms. The van der Waals surface area contributed by atoms with Gasteiger partial charge in [-0.05, 0) is 41.5 Å². The third-order valence-corrected chi connectivity index (χ3v) is 3.45. The fourth-order valence-electron chi connectivity index (χ4n) is 2.44. The number of nitrogens with zero attached hydrogens (tertiary/aromatic N) is 5. The molecule has 1 aromatic heterocycles. The van der Waals surface area contributed by atoms with Crippen molar-refractivity contribution in [2.75, 3.05) is 13.1 Å². The van der Waals surface area contributed by atoms with E-state index in [1.807, 2.05) is 17.0 Å². The van der Waals surface area contributed by atoms with E-state index in [1.165, 1.54) is 11.0 Å². The van der Waals surface area contributed by atoms with Crippen LogP contribution in [-0.2, 0) is 0 Å². The maximum Gasteiger partial charge on any atom is 0.253 e. The molecule has 0 spiro atoms. The number of tetrazole rings is 1. The molecule has 1 saturated heterocycles. The van der Waals surface area contributed by atoms with E-state index < -0.39 is 0 Å². The van der Waals surface area contributed by atoms with E-state index in [-0.39, 0.29) is 11.9 Å². The van der Waals surface area contributed by atoms with Gasteiger partial charge in [0, 0.05) is 24.7 Å². The SMILES string of the molecule is NC1CCCN(C(=O)c2cccc(-n3cnnn3)c2)C1. The van der Waals surface area contributed by atoms with Crippen molar-refractivity contribution in [3.63, 3.8) is 0 Å². The number of likely N-dealkylation sites (tertiary alicyclic amines) is 1. The van der Waals surface area contributed by atoms with Gasteiger partial charge in [0.2, 0.25) is 0 Å². The minimum absolute atomic E-state index is 0.00933. The van der Waals surface area contributed by atoms with Gasteiger partial charge in [0.1, 0.15) is 6.33 Å². The Bertz CT molecular complexity index is 597. The van der Waals surface area contributed by atoms with Crippen LogP contribution < -0.4 is 5.73 Å². The molecule has 0 radical (unpaired) electrons. The molecule has 1 amide bonds. The van der Waals surface area contributed by atoms with Crippen molar-refractivity contribution in [1.29, 1.82) is 0 Å². The van der Waals surface area contributed by atoms with E-state index >= 15 is 0 Å². The Morgan fingerprint density at radius 3 is 3.05 bits per heavy atom. The zero-order valence-electron chi connectivity index (χ0n) is 11.0. The number of piperidine rings is 1. The number of benzene rings is 1. The van der Waals surface area contributed by atoms with Crippen LogP contribution >= 0.6 is 0 Å². The summed E-state index contributed by atoms with van der Waals surface area (Å²) in [5.41, 5.74) is 7.32. The lowest BCUT2D eigenvalue weighted by Gasteiger charge is -2.30. The van der Waals surface area contributed by atoms with Crippen LogP contribution in [0.4, 0.5) is 0 Å². The number of nitrogens with two attached hydrogens (primary N) is 1. The lowest BCUT2D eigenvalue weighted by molar-refractivity contribution is 0.0709. The third-order valence-electron chi connectivity index (χ3n) is 3.45. The van der Waals surface area contributed by atoms with Crippen molar-refractivity contribution >= 4 is 5.91 Å². The fourth-order valence-corrected chi connectivity index (χ4v) is 2.44. The Balaban J connectivity index is 1.83. The van der Waals surface area contributed by atoms with Gasteiger partial charge in [-0.25, -0.2) is 4.68 Å². The van der Waals surface area contributed by atoms with Gasteiger partial charge in [-0.2, -0.15) is 0 Å². The Hall–Kier alpha value is -2.28. The second-order valence-electron chi connectivity index (χ2n) is 4.96. The van der Waals surface area contributed by atoms with Crippen LogP contribution in [0.25, 0.3) is 5.69 Å². The van der Waals surface area contributed by atoms with Crippen molar-refractivity contribution in [2.45, 2.75) is 18.9 Å². The van der Waals surface area contributed by atoms with Crippen molar-refractivity contribution in [2.24, 2.45) is 5.73 Å². The molecule has 20 heavy (non-hydrogen) atoms. The summed E-state index contributed by atoms with van der Waals surface area (Å²) in [4.78, 5) is 14.3. The first kappa shape index (κ1) is 12.7. The lowest BCUT2D eigenvalue weighted by Crippen LogP contribution is -2.45. The second kappa shape index (κ2) is 5.38. The van der Waals surface area contributed by atoms with Crippen LogP contribution in [0.15, 0.2) is 30.6 Å². The fraction of sp³-hybridized carbons (Fsp3) is 0.385. The van der Waals surface area contributed by atoms with Crippen molar-refractivity contribution in [3.8, 4) is 5.69 Å². The highest BCUT2D eigenvalue weighted by Gasteiger charge is 2.22. The Morgan fingerprint density at radius 2 is 2.30 bits per heavy atom. The van der Waals surface area contributed by atoms with Crippen LogP contribution in [0, 0.1) is 0 Å². The molecule has 1 atom stereocenters. The summed E-state index contributed by atoms with van der Waals surface area (Å²) in [6.07, 6.45) is 3.44. The largest absolute Gasteiger partial charge is 0.337 e. The second-order valence-corrected chi connectivity index (χ2v) is 4.96. The molecular weight excluding hydrogens is 256 g/mol. The minimum atomic E-state index is 0.00933. The summed E-state index contributed by atoms with van der Waals surface area (Å²) >= 11 is 0. The van der Waals surface area contributed by atoms with E-state index in [1.54, 1.807) is 12.1 Å². The van der Waals surface area contributed by atoms with Gasteiger partial charge in [-0.15, -0.1) is 5.10 Å². The molecule has 7 heteroatoms. The summed E-state index contributed by atoms with van der Waals surface area (Å²) in [7, 11) is 0. The predicted octanol–water partition coefficient (Wildman–Crippen LogP) is 0.226. The van der Waals surface area contributed by atoms with E-state index in [0.717, 1.165) is 25.1 Å². The Labute approximate surface area is 116 Å². The van der Waals surface area contributed by atoms with Gasteiger partial charge < -0.3 is 10.6 Å². The van der Waals surface area contributed by atoms with Crippen LogP contribution in [0.1, 0.15) is 23.2 Å². The molecule has 0 saturated carbocycles. The molecule has 0 aliphatic carbocycles. The van der Waals surface area contributed by atoms with Gasteiger partial charge in [0.05, 0.1) is 5.69 Å². The molecular formula is C13H16N6O. The van der Waals surface area contributed by atoms with Gasteiger partial charge in [0.25, 0.3) is 5.91 Å². The monoisotopic (exact) mass is 272 g/mol. The van der Waals surface area contributed by atoms with E-state index in [4.69, 9.17) is 5.73 Å². The van der Waals surface area contributed by atoms with Crippen molar-refractivity contribution < 1.29 is 4.79 Å². The normalized spacial score (nSPS) is 19.1. The van der Waals surface area contributed by atoms with Crippen LogP contribution in [0.2, 0.25) is 0 Å². The molecule has 1 aliphatic heterocycles. The summed E-state index contributed by atoms with van der Waals surface area (Å²) < 4.78 is 1.53. The molecule has 2 heterocycles. The van der Waals surface area contributed by atoms with Gasteiger partial charge in [-0.3, -0.25) is 4.79 Å². The Kier molecular flexibility index (Phi) is 3.42. The molecule has 1 aliphatic rings.